The van der Waals surface area contributed by atoms with E-state index in [2.05, 4.69) is 5.32 Å². The minimum absolute atomic E-state index is 0.0535. The molecule has 2 N–H and O–H groups in total. The molecule has 0 aliphatic carbocycles. The third-order valence-electron chi connectivity index (χ3n) is 3.90. The Bertz CT molecular complexity index is 583. The zero-order chi connectivity index (χ0) is 15.5. The van der Waals surface area contributed by atoms with Crippen LogP contribution in [-0.2, 0) is 5.54 Å². The van der Waals surface area contributed by atoms with Crippen molar-refractivity contribution in [2.45, 2.75) is 32.7 Å². The maximum absolute atomic E-state index is 13.6. The van der Waals surface area contributed by atoms with Gasteiger partial charge in [-0.1, -0.05) is 36.8 Å². The van der Waals surface area contributed by atoms with E-state index in [-0.39, 0.29) is 12.4 Å². The van der Waals surface area contributed by atoms with Crippen LogP contribution in [0, 0.1) is 19.7 Å². The van der Waals surface area contributed by atoms with E-state index in [9.17, 15) is 9.50 Å². The van der Waals surface area contributed by atoms with Crippen LogP contribution < -0.4 is 5.32 Å². The number of halogens is 1. The summed E-state index contributed by atoms with van der Waals surface area (Å²) in [4.78, 5) is 0. The first-order valence-corrected chi connectivity index (χ1v) is 7.22. The Balaban J connectivity index is 2.40. The van der Waals surface area contributed by atoms with Crippen LogP contribution in [0.15, 0.2) is 42.5 Å². The number of benzene rings is 2. The Kier molecular flexibility index (Phi) is 4.63. The van der Waals surface area contributed by atoms with Gasteiger partial charge in [0.05, 0.1) is 12.1 Å². The zero-order valence-electron chi connectivity index (χ0n) is 12.8. The van der Waals surface area contributed by atoms with Crippen LogP contribution in [0.5, 0.6) is 0 Å². The molecule has 0 radical (unpaired) electrons. The van der Waals surface area contributed by atoms with Crippen molar-refractivity contribution in [3.05, 3.63) is 65.0 Å². The number of hydrogen-bond acceptors (Lipinski definition) is 2. The fraction of sp³-hybridized carbons (Fsp3) is 0.333. The molecule has 0 spiro atoms. The quantitative estimate of drug-likeness (QED) is 0.865. The first kappa shape index (κ1) is 15.5. The highest BCUT2D eigenvalue weighted by molar-refractivity contribution is 5.50. The predicted octanol–water partition coefficient (Wildman–Crippen LogP) is 4.15. The van der Waals surface area contributed by atoms with Gasteiger partial charge in [-0.3, -0.25) is 0 Å². The van der Waals surface area contributed by atoms with Crippen LogP contribution in [0.2, 0.25) is 0 Å². The first-order chi connectivity index (χ1) is 9.99. The molecule has 1 unspecified atom stereocenters. The second kappa shape index (κ2) is 6.27. The summed E-state index contributed by atoms with van der Waals surface area (Å²) in [5.74, 6) is -0.274. The molecule has 0 aliphatic rings. The van der Waals surface area contributed by atoms with E-state index >= 15 is 0 Å². The first-order valence-electron chi connectivity index (χ1n) is 7.22. The summed E-state index contributed by atoms with van der Waals surface area (Å²) < 4.78 is 13.6. The number of rotatable bonds is 5. The second-order valence-electron chi connectivity index (χ2n) is 5.60. The minimum Gasteiger partial charge on any atom is -0.394 e. The molecule has 0 amide bonds. The van der Waals surface area contributed by atoms with Gasteiger partial charge in [-0.25, -0.2) is 4.39 Å². The monoisotopic (exact) mass is 287 g/mol. The lowest BCUT2D eigenvalue weighted by molar-refractivity contribution is 0.207. The summed E-state index contributed by atoms with van der Waals surface area (Å²) in [6.07, 6.45) is 0.697. The number of anilines is 1. The molecule has 112 valence electrons. The number of nitrogens with one attached hydrogen (secondary N) is 1. The number of aliphatic hydroxyl groups is 1. The van der Waals surface area contributed by atoms with Crippen molar-refractivity contribution in [2.75, 3.05) is 11.9 Å². The van der Waals surface area contributed by atoms with Gasteiger partial charge in [-0.15, -0.1) is 0 Å². The molecule has 2 rings (SSSR count). The van der Waals surface area contributed by atoms with Gasteiger partial charge >= 0.3 is 0 Å². The van der Waals surface area contributed by atoms with Crippen molar-refractivity contribution in [3.8, 4) is 0 Å². The topological polar surface area (TPSA) is 32.3 Å². The van der Waals surface area contributed by atoms with E-state index in [0.717, 1.165) is 11.1 Å². The molecule has 0 saturated carbocycles. The molecular weight excluding hydrogens is 265 g/mol. The van der Waals surface area contributed by atoms with Crippen molar-refractivity contribution >= 4 is 5.69 Å². The molecule has 21 heavy (non-hydrogen) atoms. The molecular formula is C18H22FNO. The van der Waals surface area contributed by atoms with E-state index in [0.29, 0.717) is 12.1 Å². The van der Waals surface area contributed by atoms with Crippen LogP contribution in [0.1, 0.15) is 30.0 Å². The smallest absolute Gasteiger partial charge is 0.125 e. The number of hydrogen-bond donors (Lipinski definition) is 2. The fourth-order valence-electron chi connectivity index (χ4n) is 2.56. The highest BCUT2D eigenvalue weighted by atomic mass is 19.1. The van der Waals surface area contributed by atoms with Gasteiger partial charge in [0, 0.05) is 5.69 Å². The van der Waals surface area contributed by atoms with Crippen LogP contribution in [0.3, 0.4) is 0 Å². The van der Waals surface area contributed by atoms with Crippen LogP contribution in [0.25, 0.3) is 0 Å². The fourth-order valence-corrected chi connectivity index (χ4v) is 2.56. The van der Waals surface area contributed by atoms with Crippen molar-refractivity contribution in [1.29, 1.82) is 0 Å². The Morgan fingerprint density at radius 1 is 1.05 bits per heavy atom. The van der Waals surface area contributed by atoms with E-state index in [1.807, 2.05) is 51.1 Å². The predicted molar refractivity (Wildman–Crippen MR) is 85.0 cm³/mol. The molecule has 3 heteroatoms. The van der Waals surface area contributed by atoms with E-state index in [4.69, 9.17) is 0 Å². The van der Waals surface area contributed by atoms with Crippen LogP contribution >= 0.6 is 0 Å². The van der Waals surface area contributed by atoms with Crippen LogP contribution in [-0.4, -0.2) is 11.7 Å². The lowest BCUT2D eigenvalue weighted by Gasteiger charge is -2.34. The van der Waals surface area contributed by atoms with Crippen molar-refractivity contribution in [2.24, 2.45) is 0 Å². The normalized spacial score (nSPS) is 13.8. The molecule has 0 bridgehead atoms. The summed E-state index contributed by atoms with van der Waals surface area (Å²) >= 11 is 0. The highest BCUT2D eigenvalue weighted by Crippen LogP contribution is 2.30. The molecule has 1 atom stereocenters. The molecule has 2 aromatic carbocycles. The van der Waals surface area contributed by atoms with E-state index in [1.165, 1.54) is 17.7 Å². The molecule has 0 heterocycles. The van der Waals surface area contributed by atoms with Crippen molar-refractivity contribution < 1.29 is 9.50 Å². The maximum atomic E-state index is 13.6. The summed E-state index contributed by atoms with van der Waals surface area (Å²) in [7, 11) is 0. The SMILES string of the molecule is CCC(CO)(Nc1cc(C)cc(F)c1)c1ccc(C)cc1. The van der Waals surface area contributed by atoms with Gasteiger partial charge in [0.15, 0.2) is 0 Å². The van der Waals surface area contributed by atoms with Gasteiger partial charge in [0.2, 0.25) is 0 Å². The molecule has 2 nitrogen and oxygen atoms in total. The molecule has 0 aromatic heterocycles. The van der Waals surface area contributed by atoms with E-state index < -0.39 is 5.54 Å². The zero-order valence-corrected chi connectivity index (χ0v) is 12.8. The summed E-state index contributed by atoms with van der Waals surface area (Å²) in [6.45, 7) is 5.84. The van der Waals surface area contributed by atoms with Crippen molar-refractivity contribution in [1.82, 2.24) is 0 Å². The average Bonchev–Trinajstić information content (AvgIpc) is 2.45. The van der Waals surface area contributed by atoms with E-state index in [1.54, 1.807) is 0 Å². The highest BCUT2D eigenvalue weighted by Gasteiger charge is 2.29. The lowest BCUT2D eigenvalue weighted by Crippen LogP contribution is -2.38. The second-order valence-corrected chi connectivity index (χ2v) is 5.60. The largest absolute Gasteiger partial charge is 0.394 e. The number of aliphatic hydroxyl groups excluding tert-OH is 1. The molecule has 0 fully saturated rings. The summed E-state index contributed by atoms with van der Waals surface area (Å²) in [5.41, 5.74) is 3.10. The van der Waals surface area contributed by atoms with Gasteiger partial charge in [-0.2, -0.15) is 0 Å². The Morgan fingerprint density at radius 2 is 1.71 bits per heavy atom. The van der Waals surface area contributed by atoms with Gasteiger partial charge in [-0.05, 0) is 49.6 Å². The third-order valence-corrected chi connectivity index (χ3v) is 3.90. The average molecular weight is 287 g/mol. The van der Waals surface area contributed by atoms with Gasteiger partial charge < -0.3 is 10.4 Å². The Morgan fingerprint density at radius 3 is 2.24 bits per heavy atom. The Labute approximate surface area is 125 Å². The van der Waals surface area contributed by atoms with Crippen molar-refractivity contribution in [3.63, 3.8) is 0 Å². The lowest BCUT2D eigenvalue weighted by atomic mass is 9.87. The maximum Gasteiger partial charge on any atom is 0.125 e. The minimum atomic E-state index is -0.603. The van der Waals surface area contributed by atoms with Gasteiger partial charge in [0.25, 0.3) is 0 Å². The number of aryl methyl sites for hydroxylation is 2. The third kappa shape index (κ3) is 3.42. The summed E-state index contributed by atoms with van der Waals surface area (Å²) in [5, 5.41) is 13.3. The standard InChI is InChI=1S/C18H22FNO/c1-4-18(12-21,15-7-5-13(2)6-8-15)20-17-10-14(3)9-16(19)11-17/h5-11,20-21H,4,12H2,1-3H3. The Hall–Kier alpha value is -1.87. The van der Waals surface area contributed by atoms with Crippen LogP contribution in [0.4, 0.5) is 10.1 Å². The van der Waals surface area contributed by atoms with Gasteiger partial charge in [0.1, 0.15) is 5.82 Å². The molecule has 0 aliphatic heterocycles. The summed E-state index contributed by atoms with van der Waals surface area (Å²) in [6, 6.07) is 12.9. The molecule has 2 aromatic rings. The molecule has 0 saturated heterocycles.